The van der Waals surface area contributed by atoms with Crippen molar-refractivity contribution in [2.75, 3.05) is 12.4 Å². The Kier molecular flexibility index (Phi) is 4.63. The molecule has 0 fully saturated rings. The van der Waals surface area contributed by atoms with Gasteiger partial charge in [-0.05, 0) is 59.6 Å². The van der Waals surface area contributed by atoms with Gasteiger partial charge >= 0.3 is 0 Å². The Morgan fingerprint density at radius 3 is 2.62 bits per heavy atom. The van der Waals surface area contributed by atoms with Crippen LogP contribution in [-0.2, 0) is 0 Å². The van der Waals surface area contributed by atoms with Gasteiger partial charge in [0, 0.05) is 5.69 Å². The summed E-state index contributed by atoms with van der Waals surface area (Å²) in [4.78, 5) is 12.4. The number of carbonyl (C=O) groups is 1. The van der Waals surface area contributed by atoms with E-state index in [4.69, 9.17) is 4.74 Å². The summed E-state index contributed by atoms with van der Waals surface area (Å²) < 4.78 is 18.9. The molecule has 3 nitrogen and oxygen atoms in total. The maximum absolute atomic E-state index is 13.4. The first-order valence-electron chi connectivity index (χ1n) is 6.34. The van der Waals surface area contributed by atoms with E-state index in [9.17, 15) is 9.18 Å². The van der Waals surface area contributed by atoms with Crippen LogP contribution in [-0.4, -0.2) is 13.0 Å². The highest BCUT2D eigenvalue weighted by Gasteiger charge is 2.14. The second kappa shape index (κ2) is 6.26. The maximum Gasteiger partial charge on any atom is 0.259 e. The minimum atomic E-state index is -0.362. The normalized spacial score (nSPS) is 10.3. The van der Waals surface area contributed by atoms with Crippen molar-refractivity contribution < 1.29 is 13.9 Å². The van der Waals surface area contributed by atoms with Crippen LogP contribution in [0.25, 0.3) is 0 Å². The number of nitrogens with one attached hydrogen (secondary N) is 1. The molecule has 0 saturated heterocycles. The molecular formula is C16H15BrFNO2. The average molecular weight is 352 g/mol. The molecule has 0 aliphatic carbocycles. The molecule has 21 heavy (non-hydrogen) atoms. The van der Waals surface area contributed by atoms with E-state index in [0.29, 0.717) is 27.0 Å². The fourth-order valence-corrected chi connectivity index (χ4v) is 2.31. The predicted molar refractivity (Wildman–Crippen MR) is 84.5 cm³/mol. The summed E-state index contributed by atoms with van der Waals surface area (Å²) in [5.41, 5.74) is 2.60. The van der Waals surface area contributed by atoms with Gasteiger partial charge in [-0.3, -0.25) is 4.79 Å². The molecule has 110 valence electrons. The van der Waals surface area contributed by atoms with Crippen LogP contribution in [0.4, 0.5) is 10.1 Å². The number of carbonyl (C=O) groups excluding carboxylic acids is 1. The maximum atomic E-state index is 13.4. The molecule has 1 N–H and O–H groups in total. The second-order valence-electron chi connectivity index (χ2n) is 4.74. The standard InChI is InChI=1S/C16H15BrFNO2/c1-9-4-5-15(21-3)11(6-9)16(20)19-14-8-12(17)13(18)7-10(14)2/h4-8H,1-3H3,(H,19,20). The summed E-state index contributed by atoms with van der Waals surface area (Å²) in [5.74, 6) is -0.160. The van der Waals surface area contributed by atoms with E-state index in [2.05, 4.69) is 21.2 Å². The van der Waals surface area contributed by atoms with Crippen LogP contribution in [0.5, 0.6) is 5.75 Å². The quantitative estimate of drug-likeness (QED) is 0.885. The lowest BCUT2D eigenvalue weighted by Gasteiger charge is -2.12. The fraction of sp³-hybridized carbons (Fsp3) is 0.188. The summed E-state index contributed by atoms with van der Waals surface area (Å²) in [5, 5.41) is 2.78. The number of hydrogen-bond acceptors (Lipinski definition) is 2. The molecule has 2 aromatic carbocycles. The first-order chi connectivity index (χ1) is 9.92. The highest BCUT2D eigenvalue weighted by atomic mass is 79.9. The number of aryl methyl sites for hydroxylation is 2. The van der Waals surface area contributed by atoms with Crippen LogP contribution in [0.1, 0.15) is 21.5 Å². The SMILES string of the molecule is COc1ccc(C)cc1C(=O)Nc1cc(Br)c(F)cc1C. The third-order valence-electron chi connectivity index (χ3n) is 3.12. The lowest BCUT2D eigenvalue weighted by Crippen LogP contribution is -2.14. The monoisotopic (exact) mass is 351 g/mol. The average Bonchev–Trinajstić information content (AvgIpc) is 2.44. The molecule has 0 aromatic heterocycles. The van der Waals surface area contributed by atoms with Gasteiger partial charge in [-0.15, -0.1) is 0 Å². The van der Waals surface area contributed by atoms with E-state index in [1.54, 1.807) is 25.1 Å². The number of ether oxygens (including phenoxy) is 1. The van der Waals surface area contributed by atoms with Gasteiger partial charge in [0.05, 0.1) is 17.1 Å². The van der Waals surface area contributed by atoms with Gasteiger partial charge in [0.25, 0.3) is 5.91 Å². The van der Waals surface area contributed by atoms with Crippen molar-refractivity contribution >= 4 is 27.5 Å². The minimum absolute atomic E-state index is 0.294. The molecule has 1 amide bonds. The smallest absolute Gasteiger partial charge is 0.259 e. The van der Waals surface area contributed by atoms with Gasteiger partial charge in [-0.2, -0.15) is 0 Å². The molecular weight excluding hydrogens is 337 g/mol. The van der Waals surface area contributed by atoms with Crippen LogP contribution >= 0.6 is 15.9 Å². The van der Waals surface area contributed by atoms with Crippen LogP contribution in [0, 0.1) is 19.7 Å². The number of halogens is 2. The Balaban J connectivity index is 2.34. The Labute approximate surface area is 131 Å². The molecule has 2 aromatic rings. The Morgan fingerprint density at radius 2 is 1.95 bits per heavy atom. The Morgan fingerprint density at radius 1 is 1.24 bits per heavy atom. The summed E-state index contributed by atoms with van der Waals surface area (Å²) in [6.45, 7) is 3.63. The lowest BCUT2D eigenvalue weighted by atomic mass is 10.1. The van der Waals surface area contributed by atoms with Crippen molar-refractivity contribution in [1.29, 1.82) is 0 Å². The zero-order valence-electron chi connectivity index (χ0n) is 12.0. The summed E-state index contributed by atoms with van der Waals surface area (Å²) in [6.07, 6.45) is 0. The van der Waals surface area contributed by atoms with Gasteiger partial charge in [0.2, 0.25) is 0 Å². The number of benzene rings is 2. The molecule has 0 saturated carbocycles. The molecule has 5 heteroatoms. The van der Waals surface area contributed by atoms with Crippen LogP contribution in [0.3, 0.4) is 0 Å². The molecule has 2 rings (SSSR count). The summed E-state index contributed by atoms with van der Waals surface area (Å²) in [7, 11) is 1.52. The van der Waals surface area contributed by atoms with Gasteiger partial charge in [0.1, 0.15) is 11.6 Å². The van der Waals surface area contributed by atoms with E-state index < -0.39 is 0 Å². The zero-order valence-corrected chi connectivity index (χ0v) is 13.5. The summed E-state index contributed by atoms with van der Waals surface area (Å²) >= 11 is 3.12. The van der Waals surface area contributed by atoms with Crippen molar-refractivity contribution in [2.24, 2.45) is 0 Å². The highest BCUT2D eigenvalue weighted by Crippen LogP contribution is 2.26. The van der Waals surface area contributed by atoms with Crippen molar-refractivity contribution in [1.82, 2.24) is 0 Å². The predicted octanol–water partition coefficient (Wildman–Crippen LogP) is 4.47. The Hall–Kier alpha value is -1.88. The minimum Gasteiger partial charge on any atom is -0.496 e. The van der Waals surface area contributed by atoms with E-state index in [0.717, 1.165) is 5.56 Å². The van der Waals surface area contributed by atoms with Crippen LogP contribution < -0.4 is 10.1 Å². The van der Waals surface area contributed by atoms with Crippen molar-refractivity contribution in [2.45, 2.75) is 13.8 Å². The number of rotatable bonds is 3. The van der Waals surface area contributed by atoms with Crippen LogP contribution in [0.2, 0.25) is 0 Å². The molecule has 0 spiro atoms. The first kappa shape index (κ1) is 15.5. The van der Waals surface area contributed by atoms with Crippen LogP contribution in [0.15, 0.2) is 34.8 Å². The molecule has 0 heterocycles. The third-order valence-corrected chi connectivity index (χ3v) is 3.72. The largest absolute Gasteiger partial charge is 0.496 e. The fourth-order valence-electron chi connectivity index (χ4n) is 1.97. The number of amides is 1. The molecule has 0 aliphatic rings. The topological polar surface area (TPSA) is 38.3 Å². The van der Waals surface area contributed by atoms with E-state index in [1.807, 2.05) is 13.0 Å². The van der Waals surface area contributed by atoms with E-state index in [1.165, 1.54) is 13.2 Å². The molecule has 0 bridgehead atoms. The number of hydrogen-bond donors (Lipinski definition) is 1. The van der Waals surface area contributed by atoms with Gasteiger partial charge in [-0.1, -0.05) is 11.6 Å². The van der Waals surface area contributed by atoms with E-state index in [-0.39, 0.29) is 11.7 Å². The lowest BCUT2D eigenvalue weighted by molar-refractivity contribution is 0.102. The van der Waals surface area contributed by atoms with Crippen molar-refractivity contribution in [3.05, 3.63) is 57.3 Å². The van der Waals surface area contributed by atoms with E-state index >= 15 is 0 Å². The summed E-state index contributed by atoms with van der Waals surface area (Å²) in [6, 6.07) is 8.28. The third kappa shape index (κ3) is 3.42. The highest BCUT2D eigenvalue weighted by molar-refractivity contribution is 9.10. The second-order valence-corrected chi connectivity index (χ2v) is 5.59. The number of methoxy groups -OCH3 is 1. The Bertz CT molecular complexity index is 701. The number of anilines is 1. The van der Waals surface area contributed by atoms with Crippen molar-refractivity contribution in [3.8, 4) is 5.75 Å². The van der Waals surface area contributed by atoms with Crippen molar-refractivity contribution in [3.63, 3.8) is 0 Å². The molecule has 0 unspecified atom stereocenters. The first-order valence-corrected chi connectivity index (χ1v) is 7.13. The molecule has 0 radical (unpaired) electrons. The van der Waals surface area contributed by atoms with Gasteiger partial charge < -0.3 is 10.1 Å². The molecule has 0 atom stereocenters. The van der Waals surface area contributed by atoms with Gasteiger partial charge in [0.15, 0.2) is 0 Å². The van der Waals surface area contributed by atoms with Gasteiger partial charge in [-0.25, -0.2) is 4.39 Å². The molecule has 0 aliphatic heterocycles. The zero-order chi connectivity index (χ0) is 15.6.